The molecule has 1 amide bonds. The molecule has 0 bridgehead atoms. The molecule has 6 heteroatoms. The topological polar surface area (TPSA) is 76.1 Å². The summed E-state index contributed by atoms with van der Waals surface area (Å²) in [4.78, 5) is 27.5. The van der Waals surface area contributed by atoms with Crippen molar-refractivity contribution in [1.82, 2.24) is 4.90 Å². The van der Waals surface area contributed by atoms with Crippen LogP contribution in [-0.4, -0.2) is 41.0 Å². The van der Waals surface area contributed by atoms with Gasteiger partial charge in [0, 0.05) is 12.1 Å². The fourth-order valence-electron chi connectivity index (χ4n) is 4.13. The van der Waals surface area contributed by atoms with Gasteiger partial charge in [-0.25, -0.2) is 0 Å². The van der Waals surface area contributed by atoms with E-state index in [9.17, 15) is 14.7 Å². The number of rotatable bonds is 11. The Morgan fingerprint density at radius 1 is 1.00 bits per heavy atom. The Kier molecular flexibility index (Phi) is 8.74. The van der Waals surface area contributed by atoms with E-state index in [1.807, 2.05) is 45.0 Å². The molecule has 1 fully saturated rings. The van der Waals surface area contributed by atoms with Crippen molar-refractivity contribution in [2.45, 2.75) is 65.5 Å². The summed E-state index contributed by atoms with van der Waals surface area (Å²) in [6, 6.07) is 13.7. The maximum atomic E-state index is 13.1. The van der Waals surface area contributed by atoms with Crippen LogP contribution in [0.1, 0.15) is 70.5 Å². The number of likely N-dealkylation sites (tertiary alicyclic amines) is 1. The van der Waals surface area contributed by atoms with Gasteiger partial charge < -0.3 is 19.5 Å². The molecule has 3 rings (SSSR count). The van der Waals surface area contributed by atoms with Crippen molar-refractivity contribution in [1.29, 1.82) is 0 Å². The summed E-state index contributed by atoms with van der Waals surface area (Å²) in [6.07, 6.45) is 3.90. The largest absolute Gasteiger partial charge is 0.507 e. The number of hydrogen-bond donors (Lipinski definition) is 1. The van der Waals surface area contributed by atoms with Gasteiger partial charge in [0.05, 0.1) is 24.3 Å². The first-order valence-corrected chi connectivity index (χ1v) is 12.2. The lowest BCUT2D eigenvalue weighted by molar-refractivity contribution is -0.139. The van der Waals surface area contributed by atoms with Gasteiger partial charge in [-0.05, 0) is 56.5 Å². The van der Waals surface area contributed by atoms with Gasteiger partial charge in [0.15, 0.2) is 0 Å². The molecule has 0 aliphatic carbocycles. The Hall–Kier alpha value is -3.28. The highest BCUT2D eigenvalue weighted by Crippen LogP contribution is 2.40. The molecule has 0 saturated carbocycles. The number of ether oxygens (including phenoxy) is 2. The average molecular weight is 466 g/mol. The minimum Gasteiger partial charge on any atom is -0.507 e. The van der Waals surface area contributed by atoms with E-state index >= 15 is 0 Å². The molecule has 1 unspecified atom stereocenters. The van der Waals surface area contributed by atoms with Crippen LogP contribution in [0.15, 0.2) is 54.1 Å². The highest BCUT2D eigenvalue weighted by atomic mass is 16.5. The standard InChI is InChI=1S/C28H35NO5/c1-5-7-8-17-33-22-14-12-20(13-15-22)25-24(27(31)28(32)29(25)16-6-2)26(30)21-10-9-11-23(18-21)34-19(3)4/h9-15,18-19,25,30H,5-8,16-17H2,1-4H3/b26-24-. The van der Waals surface area contributed by atoms with Crippen molar-refractivity contribution in [2.24, 2.45) is 0 Å². The third-order valence-electron chi connectivity index (χ3n) is 5.70. The molecule has 1 aliphatic heterocycles. The zero-order valence-corrected chi connectivity index (χ0v) is 20.5. The van der Waals surface area contributed by atoms with Crippen LogP contribution in [0.3, 0.4) is 0 Å². The highest BCUT2D eigenvalue weighted by Gasteiger charge is 2.45. The number of aliphatic hydroxyl groups is 1. The maximum absolute atomic E-state index is 13.1. The van der Waals surface area contributed by atoms with E-state index in [4.69, 9.17) is 9.47 Å². The molecule has 2 aromatic carbocycles. The van der Waals surface area contributed by atoms with E-state index in [0.717, 1.165) is 30.6 Å². The van der Waals surface area contributed by atoms with E-state index < -0.39 is 17.7 Å². The van der Waals surface area contributed by atoms with E-state index in [-0.39, 0.29) is 17.4 Å². The summed E-state index contributed by atoms with van der Waals surface area (Å²) in [5, 5.41) is 11.2. The van der Waals surface area contributed by atoms with Crippen LogP contribution in [0, 0.1) is 0 Å². The van der Waals surface area contributed by atoms with Gasteiger partial charge in [-0.2, -0.15) is 0 Å². The third kappa shape index (κ3) is 5.79. The number of hydrogen-bond acceptors (Lipinski definition) is 5. The van der Waals surface area contributed by atoms with E-state index in [1.54, 1.807) is 29.2 Å². The summed E-state index contributed by atoms with van der Waals surface area (Å²) in [5.41, 5.74) is 1.29. The van der Waals surface area contributed by atoms with Crippen molar-refractivity contribution >= 4 is 17.4 Å². The van der Waals surface area contributed by atoms with Gasteiger partial charge in [-0.1, -0.05) is 51.0 Å². The molecule has 2 aromatic rings. The van der Waals surface area contributed by atoms with Gasteiger partial charge in [-0.3, -0.25) is 9.59 Å². The summed E-state index contributed by atoms with van der Waals surface area (Å²) >= 11 is 0. The molecule has 1 N–H and O–H groups in total. The number of carbonyl (C=O) groups excluding carboxylic acids is 2. The monoisotopic (exact) mass is 465 g/mol. The number of carbonyl (C=O) groups is 2. The zero-order valence-electron chi connectivity index (χ0n) is 20.5. The van der Waals surface area contributed by atoms with Gasteiger partial charge >= 0.3 is 0 Å². The average Bonchev–Trinajstić information content (AvgIpc) is 3.07. The molecule has 182 valence electrons. The number of ketones is 1. The lowest BCUT2D eigenvalue weighted by atomic mass is 9.95. The fraction of sp³-hybridized carbons (Fsp3) is 0.429. The Morgan fingerprint density at radius 2 is 1.74 bits per heavy atom. The Bertz CT molecular complexity index is 1030. The lowest BCUT2D eigenvalue weighted by Crippen LogP contribution is -2.30. The van der Waals surface area contributed by atoms with Crippen LogP contribution in [0.5, 0.6) is 11.5 Å². The summed E-state index contributed by atoms with van der Waals surface area (Å²) in [5.74, 6) is -0.140. The van der Waals surface area contributed by atoms with E-state index in [0.29, 0.717) is 30.9 Å². The third-order valence-corrected chi connectivity index (χ3v) is 5.70. The van der Waals surface area contributed by atoms with Crippen LogP contribution < -0.4 is 9.47 Å². The normalized spacial score (nSPS) is 17.4. The predicted octanol–water partition coefficient (Wildman–Crippen LogP) is 5.87. The minimum absolute atomic E-state index is 0.0322. The number of aliphatic hydroxyl groups excluding tert-OH is 1. The van der Waals surface area contributed by atoms with Crippen LogP contribution in [0.2, 0.25) is 0 Å². The molecular formula is C28H35NO5. The van der Waals surface area contributed by atoms with E-state index in [1.165, 1.54) is 0 Å². The lowest BCUT2D eigenvalue weighted by Gasteiger charge is -2.25. The second kappa shape index (κ2) is 11.7. The second-order valence-corrected chi connectivity index (χ2v) is 8.81. The quantitative estimate of drug-likeness (QED) is 0.194. The SMILES string of the molecule is CCCCCOc1ccc(C2/C(=C(/O)c3cccc(OC(C)C)c3)C(=O)C(=O)N2CCC)cc1. The van der Waals surface area contributed by atoms with E-state index in [2.05, 4.69) is 6.92 Å². The Labute approximate surface area is 202 Å². The first-order valence-electron chi connectivity index (χ1n) is 12.2. The summed E-state index contributed by atoms with van der Waals surface area (Å²) < 4.78 is 11.5. The number of Topliss-reactive ketones (excluding diaryl/α,β-unsaturated/α-hetero) is 1. The zero-order chi connectivity index (χ0) is 24.7. The minimum atomic E-state index is -0.675. The first kappa shape index (κ1) is 25.3. The van der Waals surface area contributed by atoms with Crippen molar-refractivity contribution in [2.75, 3.05) is 13.2 Å². The molecule has 0 spiro atoms. The van der Waals surface area contributed by atoms with Gasteiger partial charge in [0.25, 0.3) is 11.7 Å². The van der Waals surface area contributed by atoms with Crippen LogP contribution in [-0.2, 0) is 9.59 Å². The summed E-state index contributed by atoms with van der Waals surface area (Å²) in [6.45, 7) is 9.00. The van der Waals surface area contributed by atoms with Crippen molar-refractivity contribution < 1.29 is 24.2 Å². The molecule has 6 nitrogen and oxygen atoms in total. The maximum Gasteiger partial charge on any atom is 0.295 e. The highest BCUT2D eigenvalue weighted by molar-refractivity contribution is 6.46. The Balaban J connectivity index is 1.98. The molecule has 0 aromatic heterocycles. The van der Waals surface area contributed by atoms with Gasteiger partial charge in [-0.15, -0.1) is 0 Å². The number of nitrogens with zero attached hydrogens (tertiary/aromatic N) is 1. The second-order valence-electron chi connectivity index (χ2n) is 8.81. The van der Waals surface area contributed by atoms with Crippen LogP contribution in [0.4, 0.5) is 0 Å². The van der Waals surface area contributed by atoms with Gasteiger partial charge in [0.2, 0.25) is 0 Å². The molecule has 1 aliphatic rings. The van der Waals surface area contributed by atoms with Crippen molar-refractivity contribution in [3.8, 4) is 11.5 Å². The number of unbranched alkanes of at least 4 members (excludes halogenated alkanes) is 2. The van der Waals surface area contributed by atoms with Crippen molar-refractivity contribution in [3.05, 3.63) is 65.2 Å². The number of amides is 1. The van der Waals surface area contributed by atoms with Gasteiger partial charge in [0.1, 0.15) is 17.3 Å². The predicted molar refractivity (Wildman–Crippen MR) is 133 cm³/mol. The molecule has 0 radical (unpaired) electrons. The molecule has 34 heavy (non-hydrogen) atoms. The molecule has 1 heterocycles. The van der Waals surface area contributed by atoms with Crippen LogP contribution in [0.25, 0.3) is 5.76 Å². The molecular weight excluding hydrogens is 430 g/mol. The molecule has 1 saturated heterocycles. The fourth-order valence-corrected chi connectivity index (χ4v) is 4.13. The number of benzene rings is 2. The van der Waals surface area contributed by atoms with Crippen molar-refractivity contribution in [3.63, 3.8) is 0 Å². The summed E-state index contributed by atoms with van der Waals surface area (Å²) in [7, 11) is 0. The van der Waals surface area contributed by atoms with Crippen LogP contribution >= 0.6 is 0 Å². The first-order chi connectivity index (χ1) is 16.4. The Morgan fingerprint density at radius 3 is 2.38 bits per heavy atom. The molecule has 1 atom stereocenters. The smallest absolute Gasteiger partial charge is 0.295 e.